The van der Waals surface area contributed by atoms with Gasteiger partial charge in [0.1, 0.15) is 0 Å². The van der Waals surface area contributed by atoms with Gasteiger partial charge in [-0.2, -0.15) is 0 Å². The molecular weight excluding hydrogens is 244 g/mol. The molecule has 0 spiro atoms. The molecular formula is C14H24N2O3. The van der Waals surface area contributed by atoms with Crippen LogP contribution in [0.4, 0.5) is 4.79 Å². The van der Waals surface area contributed by atoms with E-state index in [-0.39, 0.29) is 12.1 Å². The van der Waals surface area contributed by atoms with E-state index in [4.69, 9.17) is 5.11 Å². The molecule has 1 heterocycles. The van der Waals surface area contributed by atoms with Crippen LogP contribution in [0.3, 0.4) is 0 Å². The molecule has 19 heavy (non-hydrogen) atoms. The van der Waals surface area contributed by atoms with E-state index in [0.717, 1.165) is 19.3 Å². The molecule has 2 amide bonds. The van der Waals surface area contributed by atoms with E-state index in [1.165, 1.54) is 0 Å². The fourth-order valence-corrected chi connectivity index (χ4v) is 3.18. The molecule has 2 aliphatic rings. The van der Waals surface area contributed by atoms with Crippen molar-refractivity contribution in [1.82, 2.24) is 10.2 Å². The van der Waals surface area contributed by atoms with Gasteiger partial charge >= 0.3 is 12.0 Å². The molecule has 0 aromatic heterocycles. The number of carboxylic acid groups (broad SMARTS) is 1. The van der Waals surface area contributed by atoms with E-state index in [9.17, 15) is 9.59 Å². The normalized spacial score (nSPS) is 35.2. The van der Waals surface area contributed by atoms with Crippen LogP contribution >= 0.6 is 0 Å². The lowest BCUT2D eigenvalue weighted by molar-refractivity contribution is -0.143. The number of hydrogen-bond donors (Lipinski definition) is 2. The van der Waals surface area contributed by atoms with Crippen LogP contribution in [0.25, 0.3) is 0 Å². The lowest BCUT2D eigenvalue weighted by Crippen LogP contribution is -2.50. The van der Waals surface area contributed by atoms with E-state index < -0.39 is 11.9 Å². The second-order valence-electron chi connectivity index (χ2n) is 6.09. The summed E-state index contributed by atoms with van der Waals surface area (Å²) >= 11 is 0. The van der Waals surface area contributed by atoms with Crippen molar-refractivity contribution >= 4 is 12.0 Å². The SMILES string of the molecule is CC1CCC(NC(=O)N2CCC[C@@H](C(=O)O)C2)C1C. The van der Waals surface area contributed by atoms with Gasteiger partial charge in [-0.3, -0.25) is 4.79 Å². The third-order valence-electron chi connectivity index (χ3n) is 4.83. The van der Waals surface area contributed by atoms with Crippen molar-refractivity contribution in [2.24, 2.45) is 17.8 Å². The average Bonchev–Trinajstić information content (AvgIpc) is 2.71. The van der Waals surface area contributed by atoms with Crippen molar-refractivity contribution in [3.8, 4) is 0 Å². The van der Waals surface area contributed by atoms with Gasteiger partial charge in [0.2, 0.25) is 0 Å². The topological polar surface area (TPSA) is 69.6 Å². The first-order chi connectivity index (χ1) is 8.99. The molecule has 2 fully saturated rings. The zero-order chi connectivity index (χ0) is 14.0. The molecule has 0 aromatic rings. The Balaban J connectivity index is 1.87. The van der Waals surface area contributed by atoms with Gasteiger partial charge in [-0.1, -0.05) is 13.8 Å². The van der Waals surface area contributed by atoms with Crippen LogP contribution in [0.5, 0.6) is 0 Å². The monoisotopic (exact) mass is 268 g/mol. The number of piperidine rings is 1. The second kappa shape index (κ2) is 5.80. The maximum atomic E-state index is 12.2. The number of urea groups is 1. The Kier molecular flexibility index (Phi) is 4.32. The minimum absolute atomic E-state index is 0.0862. The first-order valence-corrected chi connectivity index (χ1v) is 7.27. The van der Waals surface area contributed by atoms with E-state index >= 15 is 0 Å². The van der Waals surface area contributed by atoms with E-state index in [1.807, 2.05) is 0 Å². The average molecular weight is 268 g/mol. The zero-order valence-corrected chi connectivity index (χ0v) is 11.8. The van der Waals surface area contributed by atoms with Gasteiger partial charge in [-0.25, -0.2) is 4.79 Å². The van der Waals surface area contributed by atoms with Crippen LogP contribution in [-0.2, 0) is 4.79 Å². The number of hydrogen-bond acceptors (Lipinski definition) is 2. The van der Waals surface area contributed by atoms with Crippen LogP contribution in [0, 0.1) is 17.8 Å². The zero-order valence-electron chi connectivity index (χ0n) is 11.8. The lowest BCUT2D eigenvalue weighted by Gasteiger charge is -2.32. The number of likely N-dealkylation sites (tertiary alicyclic amines) is 1. The molecule has 1 saturated heterocycles. The van der Waals surface area contributed by atoms with Crippen LogP contribution in [0.15, 0.2) is 0 Å². The van der Waals surface area contributed by atoms with Crippen molar-refractivity contribution in [2.45, 2.75) is 45.6 Å². The third-order valence-corrected chi connectivity index (χ3v) is 4.83. The highest BCUT2D eigenvalue weighted by Crippen LogP contribution is 2.31. The molecule has 0 bridgehead atoms. The minimum atomic E-state index is -0.791. The number of carbonyl (C=O) groups excluding carboxylic acids is 1. The minimum Gasteiger partial charge on any atom is -0.481 e. The maximum Gasteiger partial charge on any atom is 0.317 e. The smallest absolute Gasteiger partial charge is 0.317 e. The number of amides is 2. The first kappa shape index (κ1) is 14.2. The van der Waals surface area contributed by atoms with Crippen LogP contribution in [0.1, 0.15) is 39.5 Å². The van der Waals surface area contributed by atoms with Crippen molar-refractivity contribution < 1.29 is 14.7 Å². The highest BCUT2D eigenvalue weighted by atomic mass is 16.4. The van der Waals surface area contributed by atoms with Gasteiger partial charge in [0.05, 0.1) is 5.92 Å². The van der Waals surface area contributed by atoms with Crippen molar-refractivity contribution in [3.63, 3.8) is 0 Å². The molecule has 2 rings (SSSR count). The van der Waals surface area contributed by atoms with Gasteiger partial charge in [-0.05, 0) is 37.5 Å². The van der Waals surface area contributed by atoms with Gasteiger partial charge in [0.25, 0.3) is 0 Å². The number of nitrogens with zero attached hydrogens (tertiary/aromatic N) is 1. The summed E-state index contributed by atoms with van der Waals surface area (Å²) in [6.07, 6.45) is 3.64. The Hall–Kier alpha value is -1.26. The molecule has 3 unspecified atom stereocenters. The molecule has 1 aliphatic carbocycles. The Morgan fingerprint density at radius 1 is 1.21 bits per heavy atom. The molecule has 5 heteroatoms. The highest BCUT2D eigenvalue weighted by molar-refractivity contribution is 5.76. The first-order valence-electron chi connectivity index (χ1n) is 7.27. The fourth-order valence-electron chi connectivity index (χ4n) is 3.18. The summed E-state index contributed by atoms with van der Waals surface area (Å²) in [5, 5.41) is 12.1. The highest BCUT2D eigenvalue weighted by Gasteiger charge is 2.33. The number of carbonyl (C=O) groups is 2. The number of nitrogens with one attached hydrogen (secondary N) is 1. The molecule has 5 nitrogen and oxygen atoms in total. The Labute approximate surface area is 114 Å². The fraction of sp³-hybridized carbons (Fsp3) is 0.857. The molecule has 0 aromatic carbocycles. The summed E-state index contributed by atoms with van der Waals surface area (Å²) in [4.78, 5) is 24.9. The van der Waals surface area contributed by atoms with Gasteiger partial charge in [0.15, 0.2) is 0 Å². The summed E-state index contributed by atoms with van der Waals surface area (Å²) in [5.41, 5.74) is 0. The van der Waals surface area contributed by atoms with Crippen LogP contribution in [0.2, 0.25) is 0 Å². The number of rotatable bonds is 2. The summed E-state index contributed by atoms with van der Waals surface area (Å²) in [6, 6.07) is 0.157. The van der Waals surface area contributed by atoms with Crippen molar-refractivity contribution in [2.75, 3.05) is 13.1 Å². The van der Waals surface area contributed by atoms with Crippen LogP contribution < -0.4 is 5.32 Å². The summed E-state index contributed by atoms with van der Waals surface area (Å²) in [6.45, 7) is 5.42. The standard InChI is InChI=1S/C14H24N2O3/c1-9-5-6-12(10(9)2)15-14(19)16-7-3-4-11(8-16)13(17)18/h9-12H,3-8H2,1-2H3,(H,15,19)(H,17,18)/t9?,10?,11-,12?/m1/s1. The summed E-state index contributed by atoms with van der Waals surface area (Å²) in [7, 11) is 0. The third kappa shape index (κ3) is 3.19. The van der Waals surface area contributed by atoms with E-state index in [0.29, 0.717) is 31.3 Å². The van der Waals surface area contributed by atoms with Crippen molar-refractivity contribution in [3.05, 3.63) is 0 Å². The summed E-state index contributed by atoms with van der Waals surface area (Å²) < 4.78 is 0. The molecule has 2 N–H and O–H groups in total. The predicted octanol–water partition coefficient (Wildman–Crippen LogP) is 1.93. The molecule has 108 valence electrons. The second-order valence-corrected chi connectivity index (χ2v) is 6.09. The Bertz CT molecular complexity index is 359. The molecule has 4 atom stereocenters. The van der Waals surface area contributed by atoms with Crippen molar-refractivity contribution in [1.29, 1.82) is 0 Å². The molecule has 0 radical (unpaired) electrons. The van der Waals surface area contributed by atoms with Gasteiger partial charge in [-0.15, -0.1) is 0 Å². The lowest BCUT2D eigenvalue weighted by atomic mass is 9.97. The molecule has 1 saturated carbocycles. The quantitative estimate of drug-likeness (QED) is 0.804. The number of carboxylic acids is 1. The van der Waals surface area contributed by atoms with Crippen LogP contribution in [-0.4, -0.2) is 41.1 Å². The largest absolute Gasteiger partial charge is 0.481 e. The van der Waals surface area contributed by atoms with E-state index in [1.54, 1.807) is 4.90 Å². The van der Waals surface area contributed by atoms with Gasteiger partial charge in [0, 0.05) is 19.1 Å². The van der Waals surface area contributed by atoms with E-state index in [2.05, 4.69) is 19.2 Å². The Morgan fingerprint density at radius 2 is 1.95 bits per heavy atom. The number of aliphatic carboxylic acids is 1. The maximum absolute atomic E-state index is 12.2. The van der Waals surface area contributed by atoms with Gasteiger partial charge < -0.3 is 15.3 Å². The summed E-state index contributed by atoms with van der Waals surface area (Å²) in [5.74, 6) is -0.0396. The Morgan fingerprint density at radius 3 is 2.53 bits per heavy atom. The molecule has 1 aliphatic heterocycles. The predicted molar refractivity (Wildman–Crippen MR) is 71.8 cm³/mol.